The first-order valence-corrected chi connectivity index (χ1v) is 7.67. The Morgan fingerprint density at radius 1 is 1.09 bits per heavy atom. The Labute approximate surface area is 137 Å². The lowest BCUT2D eigenvalue weighted by atomic mass is 10.2. The van der Waals surface area contributed by atoms with Gasteiger partial charge in [-0.05, 0) is 37.7 Å². The van der Waals surface area contributed by atoms with Gasteiger partial charge in [-0.2, -0.15) is 0 Å². The van der Waals surface area contributed by atoms with Crippen LogP contribution in [-0.4, -0.2) is 38.3 Å². The zero-order valence-electron chi connectivity index (χ0n) is 13.7. The van der Waals surface area contributed by atoms with Crippen LogP contribution in [0.5, 0.6) is 11.5 Å². The molecular formula is C18H25N3O2. The molecule has 0 spiro atoms. The highest BCUT2D eigenvalue weighted by molar-refractivity contribution is 5.55. The van der Waals surface area contributed by atoms with Crippen molar-refractivity contribution in [1.29, 1.82) is 0 Å². The summed E-state index contributed by atoms with van der Waals surface area (Å²) in [5.74, 6) is 1.50. The largest absolute Gasteiger partial charge is 0.494 e. The standard InChI is InChI=1S/C12H18N2O2.C6H7N/c1-14-6-5-10(8-14)16-9-3-4-11(13)12(7-9)15-2;7-6-4-2-1-3-5-6/h3-4,7,10H,5-6,8,13H2,1-2H3;1-5H,7H2. The second kappa shape index (κ2) is 8.29. The van der Waals surface area contributed by atoms with E-state index in [9.17, 15) is 0 Å². The van der Waals surface area contributed by atoms with Gasteiger partial charge in [0, 0.05) is 24.8 Å². The molecule has 1 aliphatic heterocycles. The summed E-state index contributed by atoms with van der Waals surface area (Å²) in [6.45, 7) is 2.07. The van der Waals surface area contributed by atoms with Crippen molar-refractivity contribution in [1.82, 2.24) is 4.90 Å². The molecule has 1 fully saturated rings. The predicted molar refractivity (Wildman–Crippen MR) is 94.8 cm³/mol. The quantitative estimate of drug-likeness (QED) is 0.852. The summed E-state index contributed by atoms with van der Waals surface area (Å²) in [5.41, 5.74) is 12.6. The van der Waals surface area contributed by atoms with E-state index in [1.54, 1.807) is 7.11 Å². The molecule has 0 aliphatic carbocycles. The molecule has 1 aliphatic rings. The first kappa shape index (κ1) is 17.0. The molecule has 4 N–H and O–H groups in total. The lowest BCUT2D eigenvalue weighted by molar-refractivity contribution is 0.207. The van der Waals surface area contributed by atoms with Gasteiger partial charge in [-0.1, -0.05) is 18.2 Å². The van der Waals surface area contributed by atoms with E-state index in [1.807, 2.05) is 48.5 Å². The van der Waals surface area contributed by atoms with E-state index in [4.69, 9.17) is 20.9 Å². The molecule has 1 heterocycles. The van der Waals surface area contributed by atoms with Crippen LogP contribution in [0.25, 0.3) is 0 Å². The molecule has 3 rings (SSSR count). The number of methoxy groups -OCH3 is 1. The molecule has 1 atom stereocenters. The summed E-state index contributed by atoms with van der Waals surface area (Å²) >= 11 is 0. The second-order valence-corrected chi connectivity index (χ2v) is 5.61. The highest BCUT2D eigenvalue weighted by Gasteiger charge is 2.21. The molecule has 5 nitrogen and oxygen atoms in total. The fourth-order valence-corrected chi connectivity index (χ4v) is 2.40. The molecular weight excluding hydrogens is 290 g/mol. The zero-order valence-corrected chi connectivity index (χ0v) is 13.7. The number of likely N-dealkylation sites (tertiary alicyclic amines) is 1. The molecule has 1 unspecified atom stereocenters. The molecule has 0 aromatic heterocycles. The van der Waals surface area contributed by atoms with E-state index in [2.05, 4.69) is 11.9 Å². The van der Waals surface area contributed by atoms with Crippen LogP contribution in [-0.2, 0) is 0 Å². The summed E-state index contributed by atoms with van der Waals surface area (Å²) in [7, 11) is 3.71. The Morgan fingerprint density at radius 2 is 1.83 bits per heavy atom. The Morgan fingerprint density at radius 3 is 2.35 bits per heavy atom. The number of benzene rings is 2. The topological polar surface area (TPSA) is 73.7 Å². The van der Waals surface area contributed by atoms with Crippen molar-refractivity contribution in [3.8, 4) is 11.5 Å². The van der Waals surface area contributed by atoms with Crippen molar-refractivity contribution < 1.29 is 9.47 Å². The van der Waals surface area contributed by atoms with E-state index < -0.39 is 0 Å². The minimum Gasteiger partial charge on any atom is -0.494 e. The maximum atomic E-state index is 5.87. The van der Waals surface area contributed by atoms with Crippen LogP contribution < -0.4 is 20.9 Å². The number of likely N-dealkylation sites (N-methyl/N-ethyl adjacent to an activating group) is 1. The highest BCUT2D eigenvalue weighted by atomic mass is 16.5. The zero-order chi connectivity index (χ0) is 16.7. The molecule has 5 heteroatoms. The van der Waals surface area contributed by atoms with Gasteiger partial charge in [0.2, 0.25) is 0 Å². The second-order valence-electron chi connectivity index (χ2n) is 5.61. The lowest BCUT2D eigenvalue weighted by Gasteiger charge is -2.15. The maximum absolute atomic E-state index is 5.87. The van der Waals surface area contributed by atoms with Gasteiger partial charge in [-0.15, -0.1) is 0 Å². The fraction of sp³-hybridized carbons (Fsp3) is 0.333. The normalized spacial score (nSPS) is 17.2. The minimum absolute atomic E-state index is 0.276. The third-order valence-corrected chi connectivity index (χ3v) is 3.66. The monoisotopic (exact) mass is 315 g/mol. The number of rotatable bonds is 3. The molecule has 2 aromatic carbocycles. The predicted octanol–water partition coefficient (Wildman–Crippen LogP) is 2.63. The summed E-state index contributed by atoms with van der Waals surface area (Å²) in [6, 6.07) is 15.0. The molecule has 2 aromatic rings. The van der Waals surface area contributed by atoms with Crippen molar-refractivity contribution in [2.45, 2.75) is 12.5 Å². The van der Waals surface area contributed by atoms with Crippen molar-refractivity contribution in [3.05, 3.63) is 48.5 Å². The Balaban J connectivity index is 0.000000229. The van der Waals surface area contributed by atoms with Gasteiger partial charge in [-0.3, -0.25) is 0 Å². The number of anilines is 2. The SMILES string of the molecule is COc1cc(OC2CCN(C)C2)ccc1N.Nc1ccccc1. The first-order chi connectivity index (χ1) is 11.1. The van der Waals surface area contributed by atoms with Crippen molar-refractivity contribution in [3.63, 3.8) is 0 Å². The number of para-hydroxylation sites is 1. The minimum atomic E-state index is 0.276. The van der Waals surface area contributed by atoms with E-state index in [0.717, 1.165) is 30.9 Å². The molecule has 0 amide bonds. The number of ether oxygens (including phenoxy) is 2. The van der Waals surface area contributed by atoms with E-state index >= 15 is 0 Å². The molecule has 1 saturated heterocycles. The Hall–Kier alpha value is -2.40. The summed E-state index contributed by atoms with van der Waals surface area (Å²) in [4.78, 5) is 2.26. The van der Waals surface area contributed by atoms with Crippen LogP contribution in [0.4, 0.5) is 11.4 Å². The van der Waals surface area contributed by atoms with Gasteiger partial charge in [0.25, 0.3) is 0 Å². The number of nitrogens with two attached hydrogens (primary N) is 2. The summed E-state index contributed by atoms with van der Waals surface area (Å²) in [5, 5.41) is 0. The smallest absolute Gasteiger partial charge is 0.145 e. The van der Waals surface area contributed by atoms with Gasteiger partial charge in [0.15, 0.2) is 0 Å². The summed E-state index contributed by atoms with van der Waals surface area (Å²) in [6.07, 6.45) is 1.35. The number of nitrogen functional groups attached to an aromatic ring is 2. The number of hydrogen-bond acceptors (Lipinski definition) is 5. The third kappa shape index (κ3) is 5.38. The molecule has 0 bridgehead atoms. The Kier molecular flexibility index (Phi) is 6.11. The first-order valence-electron chi connectivity index (χ1n) is 7.67. The fourth-order valence-electron chi connectivity index (χ4n) is 2.40. The number of hydrogen-bond donors (Lipinski definition) is 2. The molecule has 124 valence electrons. The van der Waals surface area contributed by atoms with Crippen molar-refractivity contribution in [2.75, 3.05) is 38.7 Å². The van der Waals surface area contributed by atoms with Crippen LogP contribution in [0.15, 0.2) is 48.5 Å². The molecule has 0 saturated carbocycles. The van der Waals surface area contributed by atoms with Gasteiger partial charge in [0.05, 0.1) is 12.8 Å². The van der Waals surface area contributed by atoms with E-state index in [-0.39, 0.29) is 6.10 Å². The van der Waals surface area contributed by atoms with Gasteiger partial charge in [-0.25, -0.2) is 0 Å². The lowest BCUT2D eigenvalue weighted by Crippen LogP contribution is -2.21. The molecule has 0 radical (unpaired) electrons. The van der Waals surface area contributed by atoms with Gasteiger partial charge < -0.3 is 25.8 Å². The number of nitrogens with zero attached hydrogens (tertiary/aromatic N) is 1. The van der Waals surface area contributed by atoms with Gasteiger partial charge in [0.1, 0.15) is 17.6 Å². The highest BCUT2D eigenvalue weighted by Crippen LogP contribution is 2.28. The van der Waals surface area contributed by atoms with Crippen LogP contribution >= 0.6 is 0 Å². The van der Waals surface area contributed by atoms with Crippen molar-refractivity contribution >= 4 is 11.4 Å². The van der Waals surface area contributed by atoms with Gasteiger partial charge >= 0.3 is 0 Å². The Bertz CT molecular complexity index is 604. The van der Waals surface area contributed by atoms with E-state index in [1.165, 1.54) is 0 Å². The average Bonchev–Trinajstić information content (AvgIpc) is 2.95. The third-order valence-electron chi connectivity index (χ3n) is 3.66. The van der Waals surface area contributed by atoms with Crippen LogP contribution in [0, 0.1) is 0 Å². The van der Waals surface area contributed by atoms with E-state index in [0.29, 0.717) is 11.4 Å². The average molecular weight is 315 g/mol. The van der Waals surface area contributed by atoms with Crippen LogP contribution in [0.1, 0.15) is 6.42 Å². The molecule has 23 heavy (non-hydrogen) atoms. The van der Waals surface area contributed by atoms with Crippen LogP contribution in [0.3, 0.4) is 0 Å². The maximum Gasteiger partial charge on any atom is 0.145 e. The summed E-state index contributed by atoms with van der Waals surface area (Å²) < 4.78 is 11.0. The van der Waals surface area contributed by atoms with Crippen molar-refractivity contribution in [2.24, 2.45) is 0 Å². The van der Waals surface area contributed by atoms with Crippen LogP contribution in [0.2, 0.25) is 0 Å².